The maximum Gasteiger partial charge on any atom is 0.226 e. The SMILES string of the molecule is CN(C[C@H](O)[C@H](O)[C@@H](O)[C@H](O)CO)C(=O)Cc1ccc(N(CCCl)CCCl)cc1. The molecule has 1 aromatic carbocycles. The third-order valence-corrected chi connectivity index (χ3v) is 4.92. The van der Waals surface area contributed by atoms with Crippen molar-refractivity contribution in [2.45, 2.75) is 30.8 Å². The summed E-state index contributed by atoms with van der Waals surface area (Å²) in [5.41, 5.74) is 1.72. The zero-order valence-corrected chi connectivity index (χ0v) is 17.9. The predicted molar refractivity (Wildman–Crippen MR) is 113 cm³/mol. The summed E-state index contributed by atoms with van der Waals surface area (Å²) in [6, 6.07) is 7.41. The fraction of sp³-hybridized carbons (Fsp3) is 0.632. The molecule has 1 rings (SSSR count). The zero-order valence-electron chi connectivity index (χ0n) is 16.4. The fourth-order valence-corrected chi connectivity index (χ4v) is 3.17. The molecule has 0 aliphatic carbocycles. The van der Waals surface area contributed by atoms with E-state index in [1.807, 2.05) is 29.2 Å². The second-order valence-corrected chi connectivity index (χ2v) is 7.54. The van der Waals surface area contributed by atoms with Crippen molar-refractivity contribution in [2.75, 3.05) is 49.9 Å². The average molecular weight is 453 g/mol. The highest BCUT2D eigenvalue weighted by atomic mass is 35.5. The molecule has 0 saturated heterocycles. The van der Waals surface area contributed by atoms with Crippen LogP contribution in [0.15, 0.2) is 24.3 Å². The summed E-state index contributed by atoms with van der Waals surface area (Å²) >= 11 is 11.6. The first-order chi connectivity index (χ1) is 13.7. The standard InChI is InChI=1S/C19H30Cl2N2O6/c1-22(11-15(25)18(28)19(29)16(26)12-24)17(27)10-13-2-4-14(5-3-13)23(8-6-20)9-7-21/h2-5,15-16,18-19,24-26,28-29H,6-12H2,1H3/t15-,16+,18-,19-/m0/s1. The third-order valence-electron chi connectivity index (χ3n) is 4.58. The molecule has 0 aliphatic rings. The van der Waals surface area contributed by atoms with Crippen molar-refractivity contribution in [3.63, 3.8) is 0 Å². The molecular weight excluding hydrogens is 423 g/mol. The summed E-state index contributed by atoms with van der Waals surface area (Å²) in [5.74, 6) is 0.653. The van der Waals surface area contributed by atoms with Crippen LogP contribution in [0.1, 0.15) is 5.56 Å². The second kappa shape index (κ2) is 13.2. The van der Waals surface area contributed by atoms with Crippen molar-refractivity contribution >= 4 is 34.8 Å². The summed E-state index contributed by atoms with van der Waals surface area (Å²) in [4.78, 5) is 15.7. The Morgan fingerprint density at radius 1 is 0.966 bits per heavy atom. The Balaban J connectivity index is 2.64. The molecule has 4 atom stereocenters. The number of benzene rings is 1. The van der Waals surface area contributed by atoms with E-state index in [1.54, 1.807) is 0 Å². The van der Waals surface area contributed by atoms with Gasteiger partial charge in [-0.1, -0.05) is 12.1 Å². The van der Waals surface area contributed by atoms with Crippen LogP contribution in [-0.4, -0.2) is 106 Å². The van der Waals surface area contributed by atoms with Gasteiger partial charge in [0.15, 0.2) is 0 Å². The molecule has 1 aromatic rings. The zero-order chi connectivity index (χ0) is 22.0. The highest BCUT2D eigenvalue weighted by Crippen LogP contribution is 2.16. The number of hydrogen-bond acceptors (Lipinski definition) is 7. The number of alkyl halides is 2. The summed E-state index contributed by atoms with van der Waals surface area (Å²) in [6.07, 6.45) is -6.41. The number of nitrogens with zero attached hydrogens (tertiary/aromatic N) is 2. The van der Waals surface area contributed by atoms with E-state index in [4.69, 9.17) is 28.3 Å². The van der Waals surface area contributed by atoms with E-state index in [1.165, 1.54) is 11.9 Å². The Hall–Kier alpha value is -1.13. The van der Waals surface area contributed by atoms with Gasteiger partial charge in [0.25, 0.3) is 0 Å². The molecule has 5 N–H and O–H groups in total. The maximum absolute atomic E-state index is 12.4. The largest absolute Gasteiger partial charge is 0.394 e. The van der Waals surface area contributed by atoms with Crippen LogP contribution in [0.2, 0.25) is 0 Å². The van der Waals surface area contributed by atoms with Gasteiger partial charge in [0.05, 0.1) is 13.0 Å². The Morgan fingerprint density at radius 3 is 1.97 bits per heavy atom. The molecule has 166 valence electrons. The lowest BCUT2D eigenvalue weighted by atomic mass is 10.0. The quantitative estimate of drug-likeness (QED) is 0.253. The van der Waals surface area contributed by atoms with Crippen molar-refractivity contribution < 1.29 is 30.3 Å². The molecule has 0 unspecified atom stereocenters. The molecule has 1 amide bonds. The van der Waals surface area contributed by atoms with E-state index in [2.05, 4.69) is 0 Å². The molecule has 0 fully saturated rings. The molecule has 0 radical (unpaired) electrons. The monoisotopic (exact) mass is 452 g/mol. The van der Waals surface area contributed by atoms with E-state index in [-0.39, 0.29) is 18.9 Å². The van der Waals surface area contributed by atoms with Crippen molar-refractivity contribution in [3.05, 3.63) is 29.8 Å². The molecule has 0 bridgehead atoms. The smallest absolute Gasteiger partial charge is 0.226 e. The van der Waals surface area contributed by atoms with Gasteiger partial charge in [0.2, 0.25) is 5.91 Å². The Morgan fingerprint density at radius 2 is 1.48 bits per heavy atom. The Labute approximate surface area is 180 Å². The van der Waals surface area contributed by atoms with Crippen molar-refractivity contribution in [2.24, 2.45) is 0 Å². The lowest BCUT2D eigenvalue weighted by molar-refractivity contribution is -0.137. The van der Waals surface area contributed by atoms with Gasteiger partial charge in [0, 0.05) is 44.1 Å². The van der Waals surface area contributed by atoms with Crippen LogP contribution in [0.4, 0.5) is 5.69 Å². The molecule has 0 spiro atoms. The van der Waals surface area contributed by atoms with E-state index in [0.717, 1.165) is 11.3 Å². The molecule has 8 nitrogen and oxygen atoms in total. The Bertz CT molecular complexity index is 601. The van der Waals surface area contributed by atoms with Crippen molar-refractivity contribution in [3.8, 4) is 0 Å². The van der Waals surface area contributed by atoms with Gasteiger partial charge in [-0.15, -0.1) is 23.2 Å². The minimum atomic E-state index is -1.73. The van der Waals surface area contributed by atoms with Crippen molar-refractivity contribution in [1.82, 2.24) is 4.90 Å². The highest BCUT2D eigenvalue weighted by Gasteiger charge is 2.31. The summed E-state index contributed by atoms with van der Waals surface area (Å²) in [5, 5.41) is 47.6. The Kier molecular flexibility index (Phi) is 11.8. The molecular formula is C19H30Cl2N2O6. The molecule has 0 heterocycles. The number of carbonyl (C=O) groups is 1. The molecule has 0 aromatic heterocycles. The average Bonchev–Trinajstić information content (AvgIpc) is 2.72. The highest BCUT2D eigenvalue weighted by molar-refractivity contribution is 6.18. The third kappa shape index (κ3) is 8.25. The molecule has 10 heteroatoms. The van der Waals surface area contributed by atoms with E-state index in [0.29, 0.717) is 24.8 Å². The minimum Gasteiger partial charge on any atom is -0.394 e. The van der Waals surface area contributed by atoms with Gasteiger partial charge in [-0.2, -0.15) is 0 Å². The fourth-order valence-electron chi connectivity index (χ4n) is 2.76. The number of carbonyl (C=O) groups excluding carboxylic acids is 1. The van der Waals surface area contributed by atoms with Crippen LogP contribution < -0.4 is 4.90 Å². The van der Waals surface area contributed by atoms with Crippen molar-refractivity contribution in [1.29, 1.82) is 0 Å². The summed E-state index contributed by atoms with van der Waals surface area (Å²) in [6.45, 7) is 0.314. The van der Waals surface area contributed by atoms with Gasteiger partial charge >= 0.3 is 0 Å². The van der Waals surface area contributed by atoms with E-state index >= 15 is 0 Å². The van der Waals surface area contributed by atoms with Crippen LogP contribution in [-0.2, 0) is 11.2 Å². The van der Waals surface area contributed by atoms with E-state index < -0.39 is 31.0 Å². The number of aliphatic hydroxyl groups is 5. The lowest BCUT2D eigenvalue weighted by Crippen LogP contribution is -2.50. The minimum absolute atomic E-state index is 0.0897. The number of halogens is 2. The number of aliphatic hydroxyl groups excluding tert-OH is 5. The topological polar surface area (TPSA) is 125 Å². The number of anilines is 1. The van der Waals surface area contributed by atoms with E-state index in [9.17, 15) is 25.2 Å². The first-order valence-corrected chi connectivity index (χ1v) is 10.3. The van der Waals surface area contributed by atoms with Gasteiger partial charge in [-0.05, 0) is 17.7 Å². The number of hydrogen-bond donors (Lipinski definition) is 5. The van der Waals surface area contributed by atoms with Gasteiger partial charge < -0.3 is 35.3 Å². The summed E-state index contributed by atoms with van der Waals surface area (Å²) in [7, 11) is 1.46. The second-order valence-electron chi connectivity index (χ2n) is 6.78. The maximum atomic E-state index is 12.4. The number of amides is 1. The first kappa shape index (κ1) is 25.9. The number of rotatable bonds is 13. The molecule has 29 heavy (non-hydrogen) atoms. The molecule has 0 aliphatic heterocycles. The van der Waals surface area contributed by atoms with Gasteiger partial charge in [0.1, 0.15) is 24.4 Å². The van der Waals surface area contributed by atoms with Crippen LogP contribution in [0.3, 0.4) is 0 Å². The van der Waals surface area contributed by atoms with Crippen LogP contribution >= 0.6 is 23.2 Å². The van der Waals surface area contributed by atoms with Crippen LogP contribution in [0.5, 0.6) is 0 Å². The summed E-state index contributed by atoms with van der Waals surface area (Å²) < 4.78 is 0. The van der Waals surface area contributed by atoms with Crippen LogP contribution in [0, 0.1) is 0 Å². The predicted octanol–water partition coefficient (Wildman–Crippen LogP) is -0.593. The molecule has 0 saturated carbocycles. The van der Waals surface area contributed by atoms with Crippen LogP contribution in [0.25, 0.3) is 0 Å². The van der Waals surface area contributed by atoms with Gasteiger partial charge in [-0.25, -0.2) is 0 Å². The lowest BCUT2D eigenvalue weighted by Gasteiger charge is -2.28. The number of likely N-dealkylation sites (N-methyl/N-ethyl adjacent to an activating group) is 1. The first-order valence-electron chi connectivity index (χ1n) is 9.28. The normalized spacial score (nSPS) is 15.4. The van der Waals surface area contributed by atoms with Gasteiger partial charge in [-0.3, -0.25) is 4.79 Å².